The zero-order chi connectivity index (χ0) is 15.1. The molecule has 0 unspecified atom stereocenters. The van der Waals surface area contributed by atoms with Crippen LogP contribution in [0, 0.1) is 0 Å². The number of ether oxygens (including phenoxy) is 1. The number of benzene rings is 1. The number of esters is 1. The van der Waals surface area contributed by atoms with Gasteiger partial charge in [0.2, 0.25) is 0 Å². The zero-order valence-electron chi connectivity index (χ0n) is 11.7. The van der Waals surface area contributed by atoms with Crippen LogP contribution in [0.2, 0.25) is 0 Å². The highest BCUT2D eigenvalue weighted by atomic mass is 16.5. The third-order valence-electron chi connectivity index (χ3n) is 3.23. The summed E-state index contributed by atoms with van der Waals surface area (Å²) in [6.45, 7) is 0.0869. The van der Waals surface area contributed by atoms with Crippen molar-refractivity contribution in [2.24, 2.45) is 0 Å². The van der Waals surface area contributed by atoms with Crippen LogP contribution in [0.3, 0.4) is 0 Å². The van der Waals surface area contributed by atoms with Crippen molar-refractivity contribution in [3.63, 3.8) is 0 Å². The van der Waals surface area contributed by atoms with Gasteiger partial charge in [0.15, 0.2) is 0 Å². The van der Waals surface area contributed by atoms with Gasteiger partial charge in [-0.25, -0.2) is 4.79 Å². The number of phenolic OH excluding ortho intramolecular Hbond substituents is 1. The summed E-state index contributed by atoms with van der Waals surface area (Å²) in [7, 11) is 0. The third kappa shape index (κ3) is 4.31. The second-order valence-corrected chi connectivity index (χ2v) is 4.85. The molecule has 0 atom stereocenters. The summed E-state index contributed by atoms with van der Waals surface area (Å²) >= 11 is 0. The largest absolute Gasteiger partial charge is 0.507 e. The van der Waals surface area contributed by atoms with E-state index in [1.54, 1.807) is 30.4 Å². The molecule has 0 spiro atoms. The Bertz CT molecular complexity index is 584. The number of fused-ring (bicyclic) bond motifs is 1. The van der Waals surface area contributed by atoms with E-state index in [2.05, 4.69) is 0 Å². The summed E-state index contributed by atoms with van der Waals surface area (Å²) in [6.07, 6.45) is 9.48. The number of ketones is 1. The first-order chi connectivity index (χ1) is 10.2. The molecular formula is C17H18O4. The maximum Gasteiger partial charge on any atom is 0.342 e. The first kappa shape index (κ1) is 15.0. The van der Waals surface area contributed by atoms with Gasteiger partial charge in [0, 0.05) is 12.8 Å². The van der Waals surface area contributed by atoms with Gasteiger partial charge >= 0.3 is 5.97 Å². The van der Waals surface area contributed by atoms with Gasteiger partial charge in [0.05, 0.1) is 0 Å². The van der Waals surface area contributed by atoms with E-state index in [4.69, 9.17) is 4.74 Å². The highest BCUT2D eigenvalue weighted by Crippen LogP contribution is 2.23. The lowest BCUT2D eigenvalue weighted by atomic mass is 10.0. The number of Topliss-reactive ketones (excluding diaryl/α,β-unsaturated/α-hetero) is 1. The molecule has 0 saturated heterocycles. The SMILES string of the molecule is O=C1CC=CCOC(=O)c2c(O)cccc2C=CCCC1. The van der Waals surface area contributed by atoms with Crippen molar-refractivity contribution in [1.29, 1.82) is 0 Å². The molecule has 2 rings (SSSR count). The quantitative estimate of drug-likeness (QED) is 0.587. The van der Waals surface area contributed by atoms with Crippen molar-refractivity contribution in [1.82, 2.24) is 0 Å². The molecule has 110 valence electrons. The van der Waals surface area contributed by atoms with Crippen LogP contribution in [0.4, 0.5) is 0 Å². The number of phenols is 1. The van der Waals surface area contributed by atoms with Gasteiger partial charge in [-0.2, -0.15) is 0 Å². The van der Waals surface area contributed by atoms with Crippen LogP contribution in [0.25, 0.3) is 6.08 Å². The number of carbonyl (C=O) groups is 2. The lowest BCUT2D eigenvalue weighted by Gasteiger charge is -2.08. The highest BCUT2D eigenvalue weighted by molar-refractivity contribution is 5.96. The molecule has 0 fully saturated rings. The minimum absolute atomic E-state index is 0.0869. The van der Waals surface area contributed by atoms with Crippen LogP contribution in [0.1, 0.15) is 41.6 Å². The lowest BCUT2D eigenvalue weighted by Crippen LogP contribution is -2.07. The number of hydrogen-bond donors (Lipinski definition) is 1. The van der Waals surface area contributed by atoms with Crippen molar-refractivity contribution in [3.05, 3.63) is 47.6 Å². The van der Waals surface area contributed by atoms with Gasteiger partial charge in [0.25, 0.3) is 0 Å². The molecule has 1 aromatic carbocycles. The Labute approximate surface area is 123 Å². The zero-order valence-corrected chi connectivity index (χ0v) is 11.7. The maximum atomic E-state index is 12.0. The predicted octanol–water partition coefficient (Wildman–Crippen LogP) is 3.26. The Hall–Kier alpha value is -2.36. The molecule has 1 heterocycles. The molecule has 1 aromatic rings. The van der Waals surface area contributed by atoms with Crippen LogP contribution in [-0.4, -0.2) is 23.5 Å². The van der Waals surface area contributed by atoms with Crippen molar-refractivity contribution in [2.45, 2.75) is 25.7 Å². The molecule has 4 nitrogen and oxygen atoms in total. The Morgan fingerprint density at radius 1 is 1.10 bits per heavy atom. The van der Waals surface area contributed by atoms with Gasteiger partial charge in [-0.1, -0.05) is 36.4 Å². The van der Waals surface area contributed by atoms with E-state index < -0.39 is 5.97 Å². The first-order valence-electron chi connectivity index (χ1n) is 7.01. The Balaban J connectivity index is 2.25. The number of rotatable bonds is 0. The Morgan fingerprint density at radius 3 is 2.81 bits per heavy atom. The predicted molar refractivity (Wildman–Crippen MR) is 80.0 cm³/mol. The van der Waals surface area contributed by atoms with Gasteiger partial charge < -0.3 is 9.84 Å². The normalized spacial score (nSPS) is 17.0. The molecule has 4 heteroatoms. The molecule has 1 N–H and O–H groups in total. The van der Waals surface area contributed by atoms with E-state index in [-0.39, 0.29) is 23.7 Å². The van der Waals surface area contributed by atoms with E-state index in [0.717, 1.165) is 12.8 Å². The number of aromatic hydroxyl groups is 1. The molecule has 0 radical (unpaired) electrons. The highest BCUT2D eigenvalue weighted by Gasteiger charge is 2.16. The fraction of sp³-hybridized carbons (Fsp3) is 0.294. The molecule has 21 heavy (non-hydrogen) atoms. The van der Waals surface area contributed by atoms with Crippen LogP contribution >= 0.6 is 0 Å². The van der Waals surface area contributed by atoms with Crippen molar-refractivity contribution in [3.8, 4) is 5.75 Å². The fourth-order valence-electron chi connectivity index (χ4n) is 2.13. The maximum absolute atomic E-state index is 12.0. The van der Waals surface area contributed by atoms with Gasteiger partial charge in [-0.15, -0.1) is 0 Å². The molecule has 0 aromatic heterocycles. The molecular weight excluding hydrogens is 268 g/mol. The van der Waals surface area contributed by atoms with E-state index in [1.807, 2.05) is 6.08 Å². The summed E-state index contributed by atoms with van der Waals surface area (Å²) < 4.78 is 5.10. The summed E-state index contributed by atoms with van der Waals surface area (Å²) in [4.78, 5) is 23.6. The minimum atomic E-state index is -0.569. The van der Waals surface area contributed by atoms with Gasteiger partial charge in [0.1, 0.15) is 23.7 Å². The average Bonchev–Trinajstić information content (AvgIpc) is 2.45. The minimum Gasteiger partial charge on any atom is -0.507 e. The molecule has 1 aliphatic rings. The topological polar surface area (TPSA) is 63.6 Å². The Morgan fingerprint density at radius 2 is 1.95 bits per heavy atom. The molecule has 0 aliphatic carbocycles. The number of carbonyl (C=O) groups excluding carboxylic acids is 2. The monoisotopic (exact) mass is 286 g/mol. The first-order valence-corrected chi connectivity index (χ1v) is 7.01. The summed E-state index contributed by atoms with van der Waals surface area (Å²) in [5, 5.41) is 9.87. The van der Waals surface area contributed by atoms with Crippen molar-refractivity contribution >= 4 is 17.8 Å². The van der Waals surface area contributed by atoms with E-state index in [1.165, 1.54) is 6.07 Å². The average molecular weight is 286 g/mol. The molecule has 1 aliphatic heterocycles. The lowest BCUT2D eigenvalue weighted by molar-refractivity contribution is -0.118. The summed E-state index contributed by atoms with van der Waals surface area (Å²) in [5.74, 6) is -0.477. The van der Waals surface area contributed by atoms with Crippen LogP contribution in [0.15, 0.2) is 36.4 Å². The molecule has 0 saturated carbocycles. The summed E-state index contributed by atoms with van der Waals surface area (Å²) in [6, 6.07) is 4.89. The fourth-order valence-corrected chi connectivity index (χ4v) is 2.13. The molecule has 0 amide bonds. The van der Waals surface area contributed by atoms with Crippen LogP contribution in [-0.2, 0) is 9.53 Å². The van der Waals surface area contributed by atoms with E-state index in [9.17, 15) is 14.7 Å². The Kier molecular flexibility index (Phi) is 5.32. The molecule has 0 bridgehead atoms. The smallest absolute Gasteiger partial charge is 0.342 e. The van der Waals surface area contributed by atoms with Gasteiger partial charge in [-0.05, 0) is 24.5 Å². The van der Waals surface area contributed by atoms with Crippen LogP contribution < -0.4 is 0 Å². The second-order valence-electron chi connectivity index (χ2n) is 4.85. The standard InChI is InChI=1S/C17H18O4/c18-14-9-3-1-2-7-13-8-6-11-15(19)16(13)17(20)21-12-5-4-10-14/h2,4-8,11,19H,1,3,9-10,12H2. The number of cyclic esters (lactones) is 1. The number of allylic oxidation sites excluding steroid dienone is 2. The van der Waals surface area contributed by atoms with Gasteiger partial charge in [-0.3, -0.25) is 4.79 Å². The van der Waals surface area contributed by atoms with E-state index in [0.29, 0.717) is 18.4 Å². The van der Waals surface area contributed by atoms with Crippen LogP contribution in [0.5, 0.6) is 5.75 Å². The summed E-state index contributed by atoms with van der Waals surface area (Å²) in [5.41, 5.74) is 0.794. The van der Waals surface area contributed by atoms with E-state index >= 15 is 0 Å². The number of hydrogen-bond acceptors (Lipinski definition) is 4. The van der Waals surface area contributed by atoms with Crippen molar-refractivity contribution in [2.75, 3.05) is 6.61 Å². The van der Waals surface area contributed by atoms with Crippen molar-refractivity contribution < 1.29 is 19.4 Å². The second kappa shape index (κ2) is 7.43. The third-order valence-corrected chi connectivity index (χ3v) is 3.23.